The van der Waals surface area contributed by atoms with Crippen molar-refractivity contribution in [3.8, 4) is 23.0 Å². The van der Waals surface area contributed by atoms with Gasteiger partial charge in [-0.25, -0.2) is 19.6 Å². The SMILES string of the molecule is Cc1ncn(-c2ccc(Nc3nccc(-c4ccc(N5CCC(c6ccccc6)CC5)c(C#N)c4)n3)cc2)n1. The largest absolute Gasteiger partial charge is 0.370 e. The third kappa shape index (κ3) is 5.34. The number of rotatable bonds is 6. The summed E-state index contributed by atoms with van der Waals surface area (Å²) in [7, 11) is 0. The molecule has 6 rings (SSSR count). The topological polar surface area (TPSA) is 95.6 Å². The number of anilines is 3. The summed E-state index contributed by atoms with van der Waals surface area (Å²) >= 11 is 0. The zero-order valence-corrected chi connectivity index (χ0v) is 21.7. The Morgan fingerprint density at radius 3 is 2.44 bits per heavy atom. The van der Waals surface area contributed by atoms with Crippen LogP contribution in [0.25, 0.3) is 16.9 Å². The van der Waals surface area contributed by atoms with Gasteiger partial charge < -0.3 is 10.2 Å². The number of nitrogens with zero attached hydrogens (tertiary/aromatic N) is 7. The molecular weight excluding hydrogens is 484 g/mol. The summed E-state index contributed by atoms with van der Waals surface area (Å²) in [6.07, 6.45) is 5.58. The quantitative estimate of drug-likeness (QED) is 0.297. The van der Waals surface area contributed by atoms with Gasteiger partial charge in [0.2, 0.25) is 5.95 Å². The van der Waals surface area contributed by atoms with Crippen molar-refractivity contribution in [2.45, 2.75) is 25.7 Å². The van der Waals surface area contributed by atoms with Gasteiger partial charge in [-0.05, 0) is 73.7 Å². The average molecular weight is 513 g/mol. The Kier molecular flexibility index (Phi) is 6.71. The summed E-state index contributed by atoms with van der Waals surface area (Å²) in [6, 6.07) is 28.8. The van der Waals surface area contributed by atoms with E-state index in [1.807, 2.05) is 49.4 Å². The maximum absolute atomic E-state index is 9.97. The van der Waals surface area contributed by atoms with Crippen LogP contribution >= 0.6 is 0 Å². The number of aromatic nitrogens is 5. The van der Waals surface area contributed by atoms with E-state index in [9.17, 15) is 5.26 Å². The van der Waals surface area contributed by atoms with Gasteiger partial charge in [0.25, 0.3) is 0 Å². The van der Waals surface area contributed by atoms with E-state index in [-0.39, 0.29) is 0 Å². The molecule has 0 atom stereocenters. The van der Waals surface area contributed by atoms with Crippen LogP contribution in [0.15, 0.2) is 91.4 Å². The van der Waals surface area contributed by atoms with Crippen molar-refractivity contribution in [1.82, 2.24) is 24.7 Å². The van der Waals surface area contributed by atoms with Crippen molar-refractivity contribution in [2.24, 2.45) is 0 Å². The van der Waals surface area contributed by atoms with Gasteiger partial charge in [0.15, 0.2) is 0 Å². The first-order valence-electron chi connectivity index (χ1n) is 13.1. The number of aryl methyl sites for hydroxylation is 1. The fourth-order valence-electron chi connectivity index (χ4n) is 5.12. The molecule has 3 aromatic carbocycles. The van der Waals surface area contributed by atoms with Gasteiger partial charge >= 0.3 is 0 Å². The van der Waals surface area contributed by atoms with E-state index in [1.54, 1.807) is 17.2 Å². The number of nitrogens with one attached hydrogen (secondary N) is 1. The fourth-order valence-corrected chi connectivity index (χ4v) is 5.12. The van der Waals surface area contributed by atoms with E-state index >= 15 is 0 Å². The molecule has 0 amide bonds. The summed E-state index contributed by atoms with van der Waals surface area (Å²) in [5, 5.41) is 17.6. The predicted molar refractivity (Wildman–Crippen MR) is 152 cm³/mol. The Hall–Kier alpha value is -5.03. The molecule has 1 aliphatic rings. The monoisotopic (exact) mass is 512 g/mol. The lowest BCUT2D eigenvalue weighted by Gasteiger charge is -2.34. The van der Waals surface area contributed by atoms with Crippen LogP contribution in [-0.2, 0) is 0 Å². The smallest absolute Gasteiger partial charge is 0.227 e. The van der Waals surface area contributed by atoms with Crippen molar-refractivity contribution in [3.63, 3.8) is 0 Å². The number of hydrogen-bond donors (Lipinski definition) is 1. The molecule has 0 saturated carbocycles. The van der Waals surface area contributed by atoms with E-state index in [2.05, 4.69) is 67.8 Å². The van der Waals surface area contributed by atoms with Gasteiger partial charge in [-0.2, -0.15) is 10.4 Å². The first kappa shape index (κ1) is 24.3. The van der Waals surface area contributed by atoms with E-state index < -0.39 is 0 Å². The van der Waals surface area contributed by atoms with Crippen molar-refractivity contribution in [1.29, 1.82) is 5.26 Å². The van der Waals surface area contributed by atoms with Gasteiger partial charge in [0.1, 0.15) is 18.2 Å². The van der Waals surface area contributed by atoms with Crippen LogP contribution in [0.4, 0.5) is 17.3 Å². The van der Waals surface area contributed by atoms with Gasteiger partial charge in [0, 0.05) is 30.5 Å². The number of nitriles is 1. The number of piperidine rings is 1. The van der Waals surface area contributed by atoms with Gasteiger partial charge in [-0.3, -0.25) is 0 Å². The minimum atomic E-state index is 0.488. The summed E-state index contributed by atoms with van der Waals surface area (Å²) in [4.78, 5) is 15.6. The zero-order valence-electron chi connectivity index (χ0n) is 21.7. The van der Waals surface area contributed by atoms with Crippen molar-refractivity contribution < 1.29 is 0 Å². The molecule has 1 aliphatic heterocycles. The Balaban J connectivity index is 1.16. The maximum Gasteiger partial charge on any atom is 0.227 e. The molecule has 192 valence electrons. The summed E-state index contributed by atoms with van der Waals surface area (Å²) in [5.41, 5.74) is 6.48. The average Bonchev–Trinajstić information content (AvgIpc) is 3.44. The Bertz CT molecular complexity index is 1610. The first-order chi connectivity index (χ1) is 19.2. The van der Waals surface area contributed by atoms with E-state index in [0.717, 1.165) is 60.1 Å². The number of benzene rings is 3. The second kappa shape index (κ2) is 10.8. The van der Waals surface area contributed by atoms with Crippen LogP contribution in [0.2, 0.25) is 0 Å². The molecule has 3 heterocycles. The molecule has 1 saturated heterocycles. The van der Waals surface area contributed by atoms with Crippen molar-refractivity contribution in [2.75, 3.05) is 23.3 Å². The van der Waals surface area contributed by atoms with Gasteiger partial charge in [0.05, 0.1) is 22.6 Å². The third-order valence-corrected chi connectivity index (χ3v) is 7.17. The molecule has 8 heteroatoms. The molecule has 8 nitrogen and oxygen atoms in total. The fraction of sp³-hybridized carbons (Fsp3) is 0.194. The predicted octanol–water partition coefficient (Wildman–Crippen LogP) is 6.03. The lowest BCUT2D eigenvalue weighted by atomic mass is 9.89. The highest BCUT2D eigenvalue weighted by Crippen LogP contribution is 2.33. The second-order valence-electron chi connectivity index (χ2n) is 9.69. The summed E-state index contributed by atoms with van der Waals surface area (Å²) < 4.78 is 1.73. The molecular formula is C31H28N8. The van der Waals surface area contributed by atoms with Crippen LogP contribution < -0.4 is 10.2 Å². The third-order valence-electron chi connectivity index (χ3n) is 7.17. The molecule has 1 fully saturated rings. The molecule has 0 bridgehead atoms. The Morgan fingerprint density at radius 1 is 0.923 bits per heavy atom. The molecule has 0 spiro atoms. The van der Waals surface area contributed by atoms with Gasteiger partial charge in [-0.1, -0.05) is 36.4 Å². The standard InChI is InChI=1S/C31H28N8/c1-22-34-21-39(37-22)28-10-8-27(9-11-28)35-31-33-16-13-29(36-31)25-7-12-30(26(19-25)20-32)38-17-14-24(15-18-38)23-5-3-2-4-6-23/h2-13,16,19,21,24H,14-15,17-18H2,1H3,(H,33,35,36). The highest BCUT2D eigenvalue weighted by molar-refractivity contribution is 5.70. The maximum atomic E-state index is 9.97. The van der Waals surface area contributed by atoms with E-state index in [1.165, 1.54) is 5.56 Å². The highest BCUT2D eigenvalue weighted by atomic mass is 15.3. The van der Waals surface area contributed by atoms with Crippen LogP contribution in [0, 0.1) is 18.3 Å². The summed E-state index contributed by atoms with van der Waals surface area (Å²) in [6.45, 7) is 3.73. The summed E-state index contributed by atoms with van der Waals surface area (Å²) in [5.74, 6) is 1.78. The van der Waals surface area contributed by atoms with Crippen molar-refractivity contribution in [3.05, 3.63) is 108 Å². The molecule has 5 aromatic rings. The second-order valence-corrected chi connectivity index (χ2v) is 9.69. The molecule has 0 aliphatic carbocycles. The van der Waals surface area contributed by atoms with Gasteiger partial charge in [-0.15, -0.1) is 0 Å². The highest BCUT2D eigenvalue weighted by Gasteiger charge is 2.22. The molecule has 2 aromatic heterocycles. The van der Waals surface area contributed by atoms with Crippen LogP contribution in [0.3, 0.4) is 0 Å². The molecule has 0 unspecified atom stereocenters. The molecule has 1 N–H and O–H groups in total. The lowest BCUT2D eigenvalue weighted by Crippen LogP contribution is -2.33. The Morgan fingerprint density at radius 2 is 1.72 bits per heavy atom. The minimum absolute atomic E-state index is 0.488. The van der Waals surface area contributed by atoms with E-state index in [0.29, 0.717) is 17.4 Å². The minimum Gasteiger partial charge on any atom is -0.370 e. The number of hydrogen-bond acceptors (Lipinski definition) is 7. The van der Waals surface area contributed by atoms with Crippen LogP contribution in [0.5, 0.6) is 0 Å². The molecule has 0 radical (unpaired) electrons. The molecule has 39 heavy (non-hydrogen) atoms. The van der Waals surface area contributed by atoms with Crippen LogP contribution in [-0.4, -0.2) is 37.8 Å². The van der Waals surface area contributed by atoms with Crippen LogP contribution in [0.1, 0.15) is 35.7 Å². The van der Waals surface area contributed by atoms with Crippen molar-refractivity contribution >= 4 is 17.3 Å². The van der Waals surface area contributed by atoms with E-state index in [4.69, 9.17) is 4.98 Å². The zero-order chi connectivity index (χ0) is 26.6. The first-order valence-corrected chi connectivity index (χ1v) is 13.1. The Labute approximate surface area is 227 Å². The lowest BCUT2D eigenvalue weighted by molar-refractivity contribution is 0.505. The normalized spacial score (nSPS) is 13.7.